The van der Waals surface area contributed by atoms with Crippen molar-refractivity contribution >= 4 is 5.91 Å². The zero-order valence-corrected chi connectivity index (χ0v) is 11.7. The molecular formula is C14H22N4O. The second kappa shape index (κ2) is 6.61. The van der Waals surface area contributed by atoms with Crippen LogP contribution >= 0.6 is 0 Å². The molecule has 1 amide bonds. The molecule has 1 unspecified atom stereocenters. The number of amides is 1. The molecule has 1 saturated heterocycles. The van der Waals surface area contributed by atoms with Crippen molar-refractivity contribution < 1.29 is 4.79 Å². The van der Waals surface area contributed by atoms with Crippen LogP contribution in [0.3, 0.4) is 0 Å². The minimum Gasteiger partial charge on any atom is -0.350 e. The standard InChI is InChI=1S/C14H22N4O/c1-11(2)13(18-7-3-4-8-18)10-15-14(19)12-5-6-16-17-9-12/h5-6,9,11,13H,3-4,7-8,10H2,1-2H3,(H,15,19). The fourth-order valence-electron chi connectivity index (χ4n) is 2.58. The third-order valence-electron chi connectivity index (χ3n) is 3.70. The number of aromatic nitrogens is 2. The zero-order valence-electron chi connectivity index (χ0n) is 11.7. The zero-order chi connectivity index (χ0) is 13.7. The van der Waals surface area contributed by atoms with Crippen molar-refractivity contribution in [2.75, 3.05) is 19.6 Å². The number of hydrogen-bond acceptors (Lipinski definition) is 4. The predicted octanol–water partition coefficient (Wildman–Crippen LogP) is 1.33. The molecule has 2 heterocycles. The summed E-state index contributed by atoms with van der Waals surface area (Å²) in [7, 11) is 0. The Kier molecular flexibility index (Phi) is 4.85. The highest BCUT2D eigenvalue weighted by atomic mass is 16.1. The maximum Gasteiger partial charge on any atom is 0.253 e. The topological polar surface area (TPSA) is 58.1 Å². The molecule has 0 aromatic carbocycles. The second-order valence-corrected chi connectivity index (χ2v) is 5.40. The van der Waals surface area contributed by atoms with E-state index in [0.717, 1.165) is 13.1 Å². The first kappa shape index (κ1) is 13.9. The molecule has 104 valence electrons. The number of carbonyl (C=O) groups excluding carboxylic acids is 1. The van der Waals surface area contributed by atoms with Crippen LogP contribution in [0, 0.1) is 5.92 Å². The maximum atomic E-state index is 12.0. The van der Waals surface area contributed by atoms with Gasteiger partial charge in [0.25, 0.3) is 5.91 Å². The van der Waals surface area contributed by atoms with E-state index in [1.165, 1.54) is 25.2 Å². The van der Waals surface area contributed by atoms with Gasteiger partial charge in [-0.05, 0) is 37.9 Å². The van der Waals surface area contributed by atoms with E-state index in [-0.39, 0.29) is 5.91 Å². The smallest absolute Gasteiger partial charge is 0.253 e. The summed E-state index contributed by atoms with van der Waals surface area (Å²) in [5, 5.41) is 10.4. The van der Waals surface area contributed by atoms with E-state index in [2.05, 4.69) is 34.3 Å². The lowest BCUT2D eigenvalue weighted by Gasteiger charge is -2.30. The number of rotatable bonds is 5. The molecule has 5 nitrogen and oxygen atoms in total. The summed E-state index contributed by atoms with van der Waals surface area (Å²) in [5.74, 6) is 0.466. The van der Waals surface area contributed by atoms with Crippen LogP contribution in [0.2, 0.25) is 0 Å². The SMILES string of the molecule is CC(C)C(CNC(=O)c1ccnnc1)N1CCCC1. The van der Waals surface area contributed by atoms with Crippen LogP contribution in [0.15, 0.2) is 18.5 Å². The first-order valence-corrected chi connectivity index (χ1v) is 6.97. The molecule has 1 aliphatic heterocycles. The molecule has 0 aliphatic carbocycles. The molecule has 1 atom stereocenters. The van der Waals surface area contributed by atoms with Crippen molar-refractivity contribution in [3.05, 3.63) is 24.0 Å². The Labute approximate surface area is 114 Å². The lowest BCUT2D eigenvalue weighted by atomic mass is 10.0. The van der Waals surface area contributed by atoms with Gasteiger partial charge in [0, 0.05) is 12.6 Å². The molecule has 2 rings (SSSR count). The van der Waals surface area contributed by atoms with Crippen LogP contribution < -0.4 is 5.32 Å². The van der Waals surface area contributed by atoms with Crippen molar-refractivity contribution in [3.8, 4) is 0 Å². The average molecular weight is 262 g/mol. The van der Waals surface area contributed by atoms with Crippen LogP contribution in [-0.4, -0.2) is 46.7 Å². The van der Waals surface area contributed by atoms with Gasteiger partial charge in [-0.1, -0.05) is 13.8 Å². The summed E-state index contributed by atoms with van der Waals surface area (Å²) < 4.78 is 0. The number of nitrogens with zero attached hydrogens (tertiary/aromatic N) is 3. The molecule has 19 heavy (non-hydrogen) atoms. The normalized spacial score (nSPS) is 17.6. The molecule has 1 aromatic rings. The summed E-state index contributed by atoms with van der Waals surface area (Å²) in [5.41, 5.74) is 0.568. The van der Waals surface area contributed by atoms with E-state index in [0.29, 0.717) is 24.1 Å². The summed E-state index contributed by atoms with van der Waals surface area (Å²) in [4.78, 5) is 14.5. The fourth-order valence-corrected chi connectivity index (χ4v) is 2.58. The predicted molar refractivity (Wildman–Crippen MR) is 73.8 cm³/mol. The summed E-state index contributed by atoms with van der Waals surface area (Å²) in [6.45, 7) is 7.41. The fraction of sp³-hybridized carbons (Fsp3) is 0.643. The van der Waals surface area contributed by atoms with Gasteiger partial charge in [-0.15, -0.1) is 0 Å². The minimum absolute atomic E-state index is 0.0697. The van der Waals surface area contributed by atoms with Gasteiger partial charge in [-0.25, -0.2) is 0 Å². The Hall–Kier alpha value is -1.49. The van der Waals surface area contributed by atoms with Gasteiger partial charge < -0.3 is 5.32 Å². The first-order valence-electron chi connectivity index (χ1n) is 6.97. The quantitative estimate of drug-likeness (QED) is 0.869. The van der Waals surface area contributed by atoms with Gasteiger partial charge in [0.1, 0.15) is 0 Å². The Bertz CT molecular complexity index is 401. The molecule has 0 spiro atoms. The Morgan fingerprint density at radius 2 is 2.11 bits per heavy atom. The number of hydrogen-bond donors (Lipinski definition) is 1. The van der Waals surface area contributed by atoms with E-state index in [4.69, 9.17) is 0 Å². The number of carbonyl (C=O) groups is 1. The molecule has 1 fully saturated rings. The van der Waals surface area contributed by atoms with Crippen molar-refractivity contribution in [3.63, 3.8) is 0 Å². The largest absolute Gasteiger partial charge is 0.350 e. The van der Waals surface area contributed by atoms with Crippen molar-refractivity contribution in [1.82, 2.24) is 20.4 Å². The van der Waals surface area contributed by atoms with Crippen LogP contribution in [0.5, 0.6) is 0 Å². The highest BCUT2D eigenvalue weighted by molar-refractivity contribution is 5.93. The third kappa shape index (κ3) is 3.73. The van der Waals surface area contributed by atoms with Gasteiger partial charge in [0.05, 0.1) is 18.0 Å². The summed E-state index contributed by atoms with van der Waals surface area (Å²) in [6.07, 6.45) is 5.57. The van der Waals surface area contributed by atoms with Crippen molar-refractivity contribution in [1.29, 1.82) is 0 Å². The van der Waals surface area contributed by atoms with E-state index < -0.39 is 0 Å². The molecule has 0 bridgehead atoms. The number of likely N-dealkylation sites (tertiary alicyclic amines) is 1. The molecule has 5 heteroatoms. The van der Waals surface area contributed by atoms with E-state index in [1.54, 1.807) is 6.07 Å². The maximum absolute atomic E-state index is 12.0. The van der Waals surface area contributed by atoms with Crippen LogP contribution in [0.25, 0.3) is 0 Å². The summed E-state index contributed by atoms with van der Waals surface area (Å²) in [6, 6.07) is 2.10. The lowest BCUT2D eigenvalue weighted by molar-refractivity contribution is 0.0926. The lowest BCUT2D eigenvalue weighted by Crippen LogP contribution is -2.45. The average Bonchev–Trinajstić information content (AvgIpc) is 2.93. The number of nitrogens with one attached hydrogen (secondary N) is 1. The van der Waals surface area contributed by atoms with Gasteiger partial charge in [0.15, 0.2) is 0 Å². The third-order valence-corrected chi connectivity index (χ3v) is 3.70. The van der Waals surface area contributed by atoms with E-state index in [1.807, 2.05) is 0 Å². The first-order chi connectivity index (χ1) is 9.18. The molecule has 0 saturated carbocycles. The van der Waals surface area contributed by atoms with Crippen LogP contribution in [0.4, 0.5) is 0 Å². The molecular weight excluding hydrogens is 240 g/mol. The molecule has 1 aromatic heterocycles. The molecule has 1 aliphatic rings. The van der Waals surface area contributed by atoms with E-state index >= 15 is 0 Å². The Morgan fingerprint density at radius 3 is 2.68 bits per heavy atom. The van der Waals surface area contributed by atoms with E-state index in [9.17, 15) is 4.79 Å². The van der Waals surface area contributed by atoms with Crippen molar-refractivity contribution in [2.24, 2.45) is 5.92 Å². The summed E-state index contributed by atoms with van der Waals surface area (Å²) >= 11 is 0. The van der Waals surface area contributed by atoms with Gasteiger partial charge >= 0.3 is 0 Å². The monoisotopic (exact) mass is 262 g/mol. The van der Waals surface area contributed by atoms with Crippen LogP contribution in [-0.2, 0) is 0 Å². The Morgan fingerprint density at radius 1 is 1.37 bits per heavy atom. The molecule has 0 radical (unpaired) electrons. The highest BCUT2D eigenvalue weighted by Gasteiger charge is 2.24. The Balaban J connectivity index is 1.90. The molecule has 1 N–H and O–H groups in total. The van der Waals surface area contributed by atoms with Crippen molar-refractivity contribution in [2.45, 2.75) is 32.7 Å². The second-order valence-electron chi connectivity index (χ2n) is 5.40. The minimum atomic E-state index is -0.0697. The van der Waals surface area contributed by atoms with Crippen LogP contribution in [0.1, 0.15) is 37.0 Å². The van der Waals surface area contributed by atoms with Gasteiger partial charge in [0.2, 0.25) is 0 Å². The highest BCUT2D eigenvalue weighted by Crippen LogP contribution is 2.17. The van der Waals surface area contributed by atoms with Gasteiger partial charge in [-0.2, -0.15) is 10.2 Å². The van der Waals surface area contributed by atoms with Gasteiger partial charge in [-0.3, -0.25) is 9.69 Å².